The average molecular weight is 342 g/mol. The van der Waals surface area contributed by atoms with Crippen molar-refractivity contribution in [1.29, 1.82) is 0 Å². The smallest absolute Gasteiger partial charge is 0.261 e. The van der Waals surface area contributed by atoms with Crippen LogP contribution in [0.4, 0.5) is 11.4 Å². The lowest BCUT2D eigenvalue weighted by atomic mass is 10.1. The summed E-state index contributed by atoms with van der Waals surface area (Å²) in [5.41, 5.74) is 4.53. The standard InChI is InChI=1S/C18H18N2O3S/c1-20-17-8-6-15(9-14(17)11-18(20)21)19-24(22,23)16-7-5-12-3-2-4-13(12)10-16/h5-10,19H,2-4,11H2,1H3. The first kappa shape index (κ1) is 15.2. The molecule has 4 rings (SSSR count). The SMILES string of the molecule is CN1C(=O)Cc2cc(NS(=O)(=O)c3ccc4c(c3)CCC4)ccc21. The normalized spacial score (nSPS) is 16.2. The Morgan fingerprint density at radius 2 is 1.79 bits per heavy atom. The molecule has 0 fully saturated rings. The molecule has 2 aromatic carbocycles. The quantitative estimate of drug-likeness (QED) is 0.932. The third-order valence-corrected chi connectivity index (χ3v) is 6.17. The molecule has 1 aliphatic carbocycles. The van der Waals surface area contributed by atoms with Crippen molar-refractivity contribution in [3.8, 4) is 0 Å². The number of hydrogen-bond donors (Lipinski definition) is 1. The van der Waals surface area contributed by atoms with E-state index in [0.29, 0.717) is 12.1 Å². The van der Waals surface area contributed by atoms with E-state index in [2.05, 4.69) is 4.72 Å². The Kier molecular flexibility index (Phi) is 3.38. The number of likely N-dealkylation sites (N-methyl/N-ethyl adjacent to an activating group) is 1. The van der Waals surface area contributed by atoms with E-state index in [9.17, 15) is 13.2 Å². The maximum Gasteiger partial charge on any atom is 0.261 e. The number of nitrogens with one attached hydrogen (secondary N) is 1. The molecule has 1 N–H and O–H groups in total. The van der Waals surface area contributed by atoms with Crippen LogP contribution in [0.1, 0.15) is 23.1 Å². The predicted molar refractivity (Wildman–Crippen MR) is 92.8 cm³/mol. The molecule has 1 amide bonds. The van der Waals surface area contributed by atoms with E-state index in [1.165, 1.54) is 5.56 Å². The van der Waals surface area contributed by atoms with Crippen molar-refractivity contribution < 1.29 is 13.2 Å². The monoisotopic (exact) mass is 342 g/mol. The highest BCUT2D eigenvalue weighted by Gasteiger charge is 2.25. The summed E-state index contributed by atoms with van der Waals surface area (Å²) in [6.45, 7) is 0. The number of amides is 1. The van der Waals surface area contributed by atoms with Crippen molar-refractivity contribution in [2.75, 3.05) is 16.7 Å². The molecule has 0 unspecified atom stereocenters. The molecule has 0 saturated heterocycles. The number of benzene rings is 2. The highest BCUT2D eigenvalue weighted by Crippen LogP contribution is 2.31. The minimum absolute atomic E-state index is 0.0172. The lowest BCUT2D eigenvalue weighted by molar-refractivity contribution is -0.117. The van der Waals surface area contributed by atoms with E-state index in [0.717, 1.165) is 36.1 Å². The van der Waals surface area contributed by atoms with Crippen LogP contribution in [0.5, 0.6) is 0 Å². The van der Waals surface area contributed by atoms with Crippen LogP contribution in [0.3, 0.4) is 0 Å². The number of fused-ring (bicyclic) bond motifs is 2. The third kappa shape index (κ3) is 2.47. The summed E-state index contributed by atoms with van der Waals surface area (Å²) >= 11 is 0. The zero-order valence-electron chi connectivity index (χ0n) is 13.4. The highest BCUT2D eigenvalue weighted by atomic mass is 32.2. The highest BCUT2D eigenvalue weighted by molar-refractivity contribution is 7.92. The Balaban J connectivity index is 1.63. The molecule has 1 aliphatic heterocycles. The second-order valence-electron chi connectivity index (χ2n) is 6.36. The van der Waals surface area contributed by atoms with E-state index in [-0.39, 0.29) is 10.8 Å². The van der Waals surface area contributed by atoms with Gasteiger partial charge in [0.2, 0.25) is 5.91 Å². The summed E-state index contributed by atoms with van der Waals surface area (Å²) in [5, 5.41) is 0. The first-order valence-corrected chi connectivity index (χ1v) is 9.46. The fraction of sp³-hybridized carbons (Fsp3) is 0.278. The Morgan fingerprint density at radius 3 is 2.62 bits per heavy atom. The zero-order valence-corrected chi connectivity index (χ0v) is 14.2. The Morgan fingerprint density at radius 1 is 1.00 bits per heavy atom. The van der Waals surface area contributed by atoms with Gasteiger partial charge < -0.3 is 4.90 Å². The van der Waals surface area contributed by atoms with Gasteiger partial charge in [-0.25, -0.2) is 8.42 Å². The largest absolute Gasteiger partial charge is 0.315 e. The Bertz CT molecular complexity index is 951. The molecule has 0 bridgehead atoms. The molecule has 1 heterocycles. The number of aryl methyl sites for hydroxylation is 2. The lowest BCUT2D eigenvalue weighted by Gasteiger charge is -2.12. The minimum Gasteiger partial charge on any atom is -0.315 e. The maximum atomic E-state index is 12.6. The number of rotatable bonds is 3. The van der Waals surface area contributed by atoms with Gasteiger partial charge in [0, 0.05) is 18.4 Å². The fourth-order valence-corrected chi connectivity index (χ4v) is 4.56. The molecule has 0 spiro atoms. The molecule has 6 heteroatoms. The van der Waals surface area contributed by atoms with Crippen molar-refractivity contribution in [1.82, 2.24) is 0 Å². The van der Waals surface area contributed by atoms with Gasteiger partial charge in [0.15, 0.2) is 0 Å². The zero-order chi connectivity index (χ0) is 16.9. The van der Waals surface area contributed by atoms with E-state index >= 15 is 0 Å². The van der Waals surface area contributed by atoms with Crippen molar-refractivity contribution in [2.24, 2.45) is 0 Å². The van der Waals surface area contributed by atoms with Crippen LogP contribution >= 0.6 is 0 Å². The van der Waals surface area contributed by atoms with Crippen LogP contribution < -0.4 is 9.62 Å². The van der Waals surface area contributed by atoms with Crippen molar-refractivity contribution in [2.45, 2.75) is 30.6 Å². The third-order valence-electron chi connectivity index (χ3n) is 4.79. The number of sulfonamides is 1. The van der Waals surface area contributed by atoms with Gasteiger partial charge in [-0.05, 0) is 66.3 Å². The van der Waals surface area contributed by atoms with Crippen LogP contribution in [0.25, 0.3) is 0 Å². The van der Waals surface area contributed by atoms with Gasteiger partial charge in [-0.2, -0.15) is 0 Å². The van der Waals surface area contributed by atoms with Gasteiger partial charge in [0.1, 0.15) is 0 Å². The summed E-state index contributed by atoms with van der Waals surface area (Å²) in [7, 11) is -1.90. The molecule has 2 aromatic rings. The molecule has 24 heavy (non-hydrogen) atoms. The lowest BCUT2D eigenvalue weighted by Crippen LogP contribution is -2.20. The van der Waals surface area contributed by atoms with Gasteiger partial charge in [-0.3, -0.25) is 9.52 Å². The number of carbonyl (C=O) groups excluding carboxylic acids is 1. The summed E-state index contributed by atoms with van der Waals surface area (Å²) in [6, 6.07) is 10.6. The van der Waals surface area contributed by atoms with Crippen LogP contribution in [-0.4, -0.2) is 21.4 Å². The number of nitrogens with zero attached hydrogens (tertiary/aromatic N) is 1. The van der Waals surface area contributed by atoms with E-state index in [1.54, 1.807) is 42.3 Å². The van der Waals surface area contributed by atoms with Crippen LogP contribution in [0.15, 0.2) is 41.3 Å². The molecule has 5 nitrogen and oxygen atoms in total. The second-order valence-corrected chi connectivity index (χ2v) is 8.04. The van der Waals surface area contributed by atoms with Gasteiger partial charge in [0.25, 0.3) is 10.0 Å². The summed E-state index contributed by atoms with van der Waals surface area (Å²) < 4.78 is 27.9. The van der Waals surface area contributed by atoms with E-state index < -0.39 is 10.0 Å². The molecular formula is C18H18N2O3S. The predicted octanol–water partition coefficient (Wildman–Crippen LogP) is 2.50. The summed E-state index contributed by atoms with van der Waals surface area (Å²) in [5.74, 6) is 0.0172. The molecule has 124 valence electrons. The number of hydrogen-bond acceptors (Lipinski definition) is 3. The molecule has 2 aliphatic rings. The van der Waals surface area contributed by atoms with Gasteiger partial charge >= 0.3 is 0 Å². The summed E-state index contributed by atoms with van der Waals surface area (Å²) in [4.78, 5) is 13.6. The van der Waals surface area contributed by atoms with E-state index in [1.807, 2.05) is 6.07 Å². The van der Waals surface area contributed by atoms with Gasteiger partial charge in [-0.1, -0.05) is 6.07 Å². The topological polar surface area (TPSA) is 66.5 Å². The van der Waals surface area contributed by atoms with Crippen molar-refractivity contribution in [3.05, 3.63) is 53.1 Å². The number of carbonyl (C=O) groups is 1. The first-order chi connectivity index (χ1) is 11.4. The van der Waals surface area contributed by atoms with Gasteiger partial charge in [-0.15, -0.1) is 0 Å². The molecule has 0 atom stereocenters. The van der Waals surface area contributed by atoms with Crippen LogP contribution in [-0.2, 0) is 34.1 Å². The minimum atomic E-state index is -3.63. The molecular weight excluding hydrogens is 324 g/mol. The molecule has 0 saturated carbocycles. The molecule has 0 aromatic heterocycles. The first-order valence-electron chi connectivity index (χ1n) is 7.98. The second kappa shape index (κ2) is 5.34. The Hall–Kier alpha value is -2.34. The fourth-order valence-electron chi connectivity index (χ4n) is 3.46. The summed E-state index contributed by atoms with van der Waals surface area (Å²) in [6.07, 6.45) is 3.35. The molecule has 0 radical (unpaired) electrons. The van der Waals surface area contributed by atoms with Crippen LogP contribution in [0.2, 0.25) is 0 Å². The van der Waals surface area contributed by atoms with Crippen molar-refractivity contribution in [3.63, 3.8) is 0 Å². The maximum absolute atomic E-state index is 12.6. The van der Waals surface area contributed by atoms with Crippen molar-refractivity contribution >= 4 is 27.3 Å². The van der Waals surface area contributed by atoms with E-state index in [4.69, 9.17) is 0 Å². The van der Waals surface area contributed by atoms with Crippen LogP contribution in [0, 0.1) is 0 Å². The number of anilines is 2. The van der Waals surface area contributed by atoms with Gasteiger partial charge in [0.05, 0.1) is 11.3 Å². The average Bonchev–Trinajstić information content (AvgIpc) is 3.11. The Labute approximate surface area is 141 Å².